The van der Waals surface area contributed by atoms with E-state index in [0.717, 1.165) is 11.8 Å². The average molecular weight is 170 g/mol. The van der Waals surface area contributed by atoms with Gasteiger partial charge in [-0.2, -0.15) is 0 Å². The Morgan fingerprint density at radius 1 is 1.11 bits per heavy atom. The standard InChI is InChI=1S/C6H11N.2ClH/c1-2-7-4-6-3-5(1)6;;/h5-7H,1-4H2;2*1H. The van der Waals surface area contributed by atoms with Crippen LogP contribution in [0.2, 0.25) is 0 Å². The van der Waals surface area contributed by atoms with Crippen LogP contribution in [-0.4, -0.2) is 13.1 Å². The zero-order valence-electron chi connectivity index (χ0n) is 5.30. The molecule has 1 saturated carbocycles. The molecular weight excluding hydrogens is 157 g/mol. The molecule has 0 aromatic heterocycles. The van der Waals surface area contributed by atoms with Crippen LogP contribution in [0.25, 0.3) is 0 Å². The van der Waals surface area contributed by atoms with Gasteiger partial charge in [0.25, 0.3) is 0 Å². The summed E-state index contributed by atoms with van der Waals surface area (Å²) in [4.78, 5) is 0. The minimum atomic E-state index is 0. The third-order valence-corrected chi connectivity index (χ3v) is 2.17. The first-order valence-electron chi connectivity index (χ1n) is 3.17. The van der Waals surface area contributed by atoms with Gasteiger partial charge in [0.1, 0.15) is 0 Å². The number of hydrogen-bond donors (Lipinski definition) is 1. The van der Waals surface area contributed by atoms with E-state index in [4.69, 9.17) is 0 Å². The second kappa shape index (κ2) is 3.65. The molecule has 1 aliphatic carbocycles. The van der Waals surface area contributed by atoms with E-state index in [-0.39, 0.29) is 24.8 Å². The normalized spacial score (nSPS) is 37.3. The van der Waals surface area contributed by atoms with E-state index in [1.165, 1.54) is 25.9 Å². The summed E-state index contributed by atoms with van der Waals surface area (Å²) in [7, 11) is 0. The molecule has 1 heterocycles. The smallest absolute Gasteiger partial charge is 0.00178 e. The molecule has 9 heavy (non-hydrogen) atoms. The van der Waals surface area contributed by atoms with E-state index >= 15 is 0 Å². The molecule has 0 amide bonds. The summed E-state index contributed by atoms with van der Waals surface area (Å²) in [5, 5.41) is 3.38. The highest BCUT2D eigenvalue weighted by Crippen LogP contribution is 2.42. The maximum Gasteiger partial charge on any atom is -0.00178 e. The molecular formula is C6H13Cl2N. The number of nitrogens with one attached hydrogen (secondary N) is 1. The largest absolute Gasteiger partial charge is 0.316 e. The van der Waals surface area contributed by atoms with Crippen LogP contribution in [-0.2, 0) is 0 Å². The van der Waals surface area contributed by atoms with Gasteiger partial charge in [0.2, 0.25) is 0 Å². The molecule has 2 fully saturated rings. The van der Waals surface area contributed by atoms with Gasteiger partial charge >= 0.3 is 0 Å². The summed E-state index contributed by atoms with van der Waals surface area (Å²) < 4.78 is 0. The minimum Gasteiger partial charge on any atom is -0.316 e. The van der Waals surface area contributed by atoms with Crippen molar-refractivity contribution >= 4 is 24.8 Å². The molecule has 2 rings (SSSR count). The van der Waals surface area contributed by atoms with Crippen LogP contribution >= 0.6 is 24.8 Å². The minimum absolute atomic E-state index is 0. The Labute approximate surface area is 68.4 Å². The van der Waals surface area contributed by atoms with Gasteiger partial charge in [0.05, 0.1) is 0 Å². The molecule has 1 N–H and O–H groups in total. The highest BCUT2D eigenvalue weighted by atomic mass is 35.5. The molecule has 56 valence electrons. The fraction of sp³-hybridized carbons (Fsp3) is 1.00. The number of rotatable bonds is 0. The zero-order chi connectivity index (χ0) is 4.69. The van der Waals surface area contributed by atoms with Crippen molar-refractivity contribution in [2.75, 3.05) is 13.1 Å². The molecule has 1 nitrogen and oxygen atoms in total. The lowest BCUT2D eigenvalue weighted by atomic mass is 10.2. The first kappa shape index (κ1) is 9.54. The maximum atomic E-state index is 3.38. The number of hydrogen-bond acceptors (Lipinski definition) is 1. The van der Waals surface area contributed by atoms with Crippen LogP contribution in [0.1, 0.15) is 12.8 Å². The van der Waals surface area contributed by atoms with Crippen molar-refractivity contribution in [2.45, 2.75) is 12.8 Å². The van der Waals surface area contributed by atoms with Gasteiger partial charge in [-0.3, -0.25) is 0 Å². The molecule has 3 heteroatoms. The third kappa shape index (κ3) is 1.99. The van der Waals surface area contributed by atoms with Crippen LogP contribution in [0.3, 0.4) is 0 Å². The molecule has 0 spiro atoms. The van der Waals surface area contributed by atoms with Crippen LogP contribution in [0.4, 0.5) is 0 Å². The van der Waals surface area contributed by atoms with Gasteiger partial charge in [-0.15, -0.1) is 24.8 Å². The predicted octanol–water partition coefficient (Wildman–Crippen LogP) is 1.46. The molecule has 2 atom stereocenters. The summed E-state index contributed by atoms with van der Waals surface area (Å²) in [5.74, 6) is 2.23. The van der Waals surface area contributed by atoms with Crippen LogP contribution in [0.15, 0.2) is 0 Å². The van der Waals surface area contributed by atoms with Gasteiger partial charge in [0, 0.05) is 0 Å². The summed E-state index contributed by atoms with van der Waals surface area (Å²) in [6, 6.07) is 0. The lowest BCUT2D eigenvalue weighted by molar-refractivity contribution is 0.497. The summed E-state index contributed by atoms with van der Waals surface area (Å²) in [6.45, 7) is 2.59. The van der Waals surface area contributed by atoms with Crippen LogP contribution < -0.4 is 5.32 Å². The summed E-state index contributed by atoms with van der Waals surface area (Å²) in [6.07, 6.45) is 2.97. The fourth-order valence-electron chi connectivity index (χ4n) is 1.49. The van der Waals surface area contributed by atoms with Crippen molar-refractivity contribution in [3.8, 4) is 0 Å². The predicted molar refractivity (Wildman–Crippen MR) is 43.6 cm³/mol. The molecule has 0 bridgehead atoms. The van der Waals surface area contributed by atoms with Crippen molar-refractivity contribution in [1.29, 1.82) is 0 Å². The Morgan fingerprint density at radius 3 is 2.33 bits per heavy atom. The Balaban J connectivity index is 0.000000320. The Kier molecular flexibility index (Phi) is 3.86. The molecule has 1 aliphatic heterocycles. The fourth-order valence-corrected chi connectivity index (χ4v) is 1.49. The maximum absolute atomic E-state index is 3.38. The van der Waals surface area contributed by atoms with E-state index in [9.17, 15) is 0 Å². The molecule has 0 aromatic rings. The first-order valence-corrected chi connectivity index (χ1v) is 3.17. The molecule has 1 saturated heterocycles. The van der Waals surface area contributed by atoms with Gasteiger partial charge in [-0.05, 0) is 37.8 Å². The second-order valence-electron chi connectivity index (χ2n) is 2.75. The third-order valence-electron chi connectivity index (χ3n) is 2.17. The van der Waals surface area contributed by atoms with Crippen molar-refractivity contribution in [1.82, 2.24) is 5.32 Å². The van der Waals surface area contributed by atoms with E-state index in [1.54, 1.807) is 0 Å². The number of fused-ring (bicyclic) bond motifs is 1. The second-order valence-corrected chi connectivity index (χ2v) is 2.75. The Hall–Kier alpha value is 0.540. The average Bonchev–Trinajstić information content (AvgIpc) is 2.41. The van der Waals surface area contributed by atoms with Gasteiger partial charge < -0.3 is 5.32 Å². The van der Waals surface area contributed by atoms with Crippen molar-refractivity contribution < 1.29 is 0 Å². The van der Waals surface area contributed by atoms with Gasteiger partial charge in [-0.1, -0.05) is 0 Å². The topological polar surface area (TPSA) is 12.0 Å². The summed E-state index contributed by atoms with van der Waals surface area (Å²) in [5.41, 5.74) is 0. The number of piperidine rings is 1. The van der Waals surface area contributed by atoms with Crippen molar-refractivity contribution in [3.05, 3.63) is 0 Å². The molecule has 2 unspecified atom stereocenters. The van der Waals surface area contributed by atoms with Gasteiger partial charge in [0.15, 0.2) is 0 Å². The van der Waals surface area contributed by atoms with Crippen molar-refractivity contribution in [2.24, 2.45) is 11.8 Å². The molecule has 0 aromatic carbocycles. The highest BCUT2D eigenvalue weighted by molar-refractivity contribution is 5.85. The molecule has 2 aliphatic rings. The van der Waals surface area contributed by atoms with E-state index in [0.29, 0.717) is 0 Å². The van der Waals surface area contributed by atoms with E-state index < -0.39 is 0 Å². The SMILES string of the molecule is C1CC2CC2CN1.Cl.Cl. The van der Waals surface area contributed by atoms with Crippen molar-refractivity contribution in [3.63, 3.8) is 0 Å². The lowest BCUT2D eigenvalue weighted by Gasteiger charge is -2.08. The Bertz CT molecular complexity index is 77.1. The monoisotopic (exact) mass is 169 g/mol. The van der Waals surface area contributed by atoms with Gasteiger partial charge in [-0.25, -0.2) is 0 Å². The number of halogens is 2. The lowest BCUT2D eigenvalue weighted by Crippen LogP contribution is -2.23. The summed E-state index contributed by atoms with van der Waals surface area (Å²) >= 11 is 0. The molecule has 0 radical (unpaired) electrons. The van der Waals surface area contributed by atoms with E-state index in [2.05, 4.69) is 5.32 Å². The van der Waals surface area contributed by atoms with Crippen LogP contribution in [0, 0.1) is 11.8 Å². The first-order chi connectivity index (χ1) is 3.47. The highest BCUT2D eigenvalue weighted by Gasteiger charge is 2.38. The quantitative estimate of drug-likeness (QED) is 0.580. The van der Waals surface area contributed by atoms with E-state index in [1.807, 2.05) is 0 Å². The van der Waals surface area contributed by atoms with Crippen LogP contribution in [0.5, 0.6) is 0 Å². The zero-order valence-corrected chi connectivity index (χ0v) is 6.93. The Morgan fingerprint density at radius 2 is 1.89 bits per heavy atom.